The third-order valence-electron chi connectivity index (χ3n) is 5.00. The van der Waals surface area contributed by atoms with E-state index in [1.165, 1.54) is 12.1 Å². The van der Waals surface area contributed by atoms with E-state index in [1.54, 1.807) is 12.1 Å². The second-order valence-corrected chi connectivity index (χ2v) is 7.46. The molecule has 0 aliphatic carbocycles. The molecule has 0 N–H and O–H groups in total. The van der Waals surface area contributed by atoms with Crippen molar-refractivity contribution in [3.8, 4) is 5.75 Å². The maximum Gasteiger partial charge on any atom is 0.162 e. The van der Waals surface area contributed by atoms with Crippen LogP contribution in [0.25, 0.3) is 0 Å². The lowest BCUT2D eigenvalue weighted by Crippen LogP contribution is -2.47. The lowest BCUT2D eigenvalue weighted by molar-refractivity contribution is 0.0953. The molecule has 28 heavy (non-hydrogen) atoms. The van der Waals surface area contributed by atoms with E-state index in [1.807, 2.05) is 24.3 Å². The molecule has 0 atom stereocenters. The fraction of sp³-hybridized carbons (Fsp3) is 0.409. The molecule has 1 saturated heterocycles. The molecule has 1 aliphatic heterocycles. The highest BCUT2D eigenvalue weighted by Crippen LogP contribution is 2.15. The second-order valence-electron chi connectivity index (χ2n) is 7.02. The first-order chi connectivity index (χ1) is 13.6. The highest BCUT2D eigenvalue weighted by atomic mass is 35.5. The van der Waals surface area contributed by atoms with Crippen molar-refractivity contribution in [3.63, 3.8) is 0 Å². The van der Waals surface area contributed by atoms with Gasteiger partial charge in [-0.1, -0.05) is 11.6 Å². The summed E-state index contributed by atoms with van der Waals surface area (Å²) in [5, 5.41) is 0.711. The monoisotopic (exact) mass is 404 g/mol. The molecular formula is C22H26ClFN2O2. The summed E-state index contributed by atoms with van der Waals surface area (Å²) in [7, 11) is 0. The lowest BCUT2D eigenvalue weighted by atomic mass is 10.1. The van der Waals surface area contributed by atoms with Gasteiger partial charge in [-0.2, -0.15) is 0 Å². The van der Waals surface area contributed by atoms with Gasteiger partial charge < -0.3 is 9.64 Å². The van der Waals surface area contributed by atoms with Gasteiger partial charge in [0.25, 0.3) is 0 Å². The summed E-state index contributed by atoms with van der Waals surface area (Å²) < 4.78 is 18.7. The summed E-state index contributed by atoms with van der Waals surface area (Å²) in [5.74, 6) is 0.611. The summed E-state index contributed by atoms with van der Waals surface area (Å²) in [4.78, 5) is 16.9. The third kappa shape index (κ3) is 6.59. The van der Waals surface area contributed by atoms with Gasteiger partial charge in [0, 0.05) is 49.7 Å². The minimum absolute atomic E-state index is 0.0815. The largest absolute Gasteiger partial charge is 0.492 e. The minimum Gasteiger partial charge on any atom is -0.492 e. The predicted octanol–water partition coefficient (Wildman–Crippen LogP) is 4.14. The van der Waals surface area contributed by atoms with E-state index in [9.17, 15) is 9.18 Å². The average molecular weight is 405 g/mol. The van der Waals surface area contributed by atoms with Gasteiger partial charge in [-0.05, 0) is 61.5 Å². The zero-order valence-electron chi connectivity index (χ0n) is 15.9. The Morgan fingerprint density at radius 1 is 0.929 bits per heavy atom. The van der Waals surface area contributed by atoms with Crippen molar-refractivity contribution in [2.24, 2.45) is 0 Å². The fourth-order valence-electron chi connectivity index (χ4n) is 3.30. The van der Waals surface area contributed by atoms with Gasteiger partial charge in [-0.15, -0.1) is 0 Å². The van der Waals surface area contributed by atoms with Gasteiger partial charge in [0.1, 0.15) is 18.2 Å². The average Bonchev–Trinajstić information content (AvgIpc) is 2.71. The van der Waals surface area contributed by atoms with Crippen molar-refractivity contribution >= 4 is 17.4 Å². The van der Waals surface area contributed by atoms with Crippen LogP contribution in [-0.2, 0) is 0 Å². The summed E-state index contributed by atoms with van der Waals surface area (Å²) in [6.45, 7) is 6.51. The number of hydrogen-bond acceptors (Lipinski definition) is 4. The molecule has 1 fully saturated rings. The molecule has 6 heteroatoms. The zero-order valence-corrected chi connectivity index (χ0v) is 16.7. The number of carbonyl (C=O) groups excluding carboxylic acids is 1. The number of halogens is 2. The number of carbonyl (C=O) groups is 1. The Hall–Kier alpha value is -1.95. The summed E-state index contributed by atoms with van der Waals surface area (Å²) in [6.07, 6.45) is 1.33. The van der Waals surface area contributed by atoms with E-state index >= 15 is 0 Å². The van der Waals surface area contributed by atoms with Crippen molar-refractivity contribution in [2.45, 2.75) is 12.8 Å². The molecule has 2 aromatic rings. The molecule has 0 unspecified atom stereocenters. The van der Waals surface area contributed by atoms with E-state index in [2.05, 4.69) is 9.80 Å². The standard InChI is InChI=1S/C22H26ClFN2O2/c23-19-5-9-21(10-6-19)28-17-16-26-14-12-25(13-15-26)11-1-2-22(27)18-3-7-20(24)8-4-18/h3-10H,1-2,11-17H2. The number of Topliss-reactive ketones (excluding diaryl/α,β-unsaturated/α-hetero) is 1. The normalized spacial score (nSPS) is 15.5. The zero-order chi connectivity index (χ0) is 19.8. The van der Waals surface area contributed by atoms with E-state index < -0.39 is 0 Å². The van der Waals surface area contributed by atoms with Gasteiger partial charge in [0.15, 0.2) is 5.78 Å². The Bertz CT molecular complexity index is 744. The Morgan fingerprint density at radius 2 is 1.54 bits per heavy atom. The Balaban J connectivity index is 1.28. The molecule has 0 saturated carbocycles. The van der Waals surface area contributed by atoms with E-state index in [-0.39, 0.29) is 11.6 Å². The Kier molecular flexibility index (Phi) is 7.83. The molecule has 0 spiro atoms. The van der Waals surface area contributed by atoms with E-state index in [0.717, 1.165) is 51.4 Å². The highest BCUT2D eigenvalue weighted by Gasteiger charge is 2.17. The number of nitrogens with zero attached hydrogens (tertiary/aromatic N) is 2. The fourth-order valence-corrected chi connectivity index (χ4v) is 3.43. The number of hydrogen-bond donors (Lipinski definition) is 0. The Morgan fingerprint density at radius 3 is 2.18 bits per heavy atom. The smallest absolute Gasteiger partial charge is 0.162 e. The molecule has 0 bridgehead atoms. The molecule has 0 aromatic heterocycles. The second kappa shape index (κ2) is 10.6. The van der Waals surface area contributed by atoms with Crippen LogP contribution in [0.3, 0.4) is 0 Å². The number of piperazine rings is 1. The molecule has 4 nitrogen and oxygen atoms in total. The Labute approximate surface area is 170 Å². The molecule has 150 valence electrons. The highest BCUT2D eigenvalue weighted by molar-refractivity contribution is 6.30. The van der Waals surface area contributed by atoms with Crippen molar-refractivity contribution in [2.75, 3.05) is 45.9 Å². The van der Waals surface area contributed by atoms with Crippen molar-refractivity contribution in [3.05, 3.63) is 64.9 Å². The summed E-state index contributed by atoms with van der Waals surface area (Å²) >= 11 is 5.87. The van der Waals surface area contributed by atoms with Crippen LogP contribution in [0, 0.1) is 5.82 Å². The quantitative estimate of drug-likeness (QED) is 0.588. The number of ketones is 1. The maximum atomic E-state index is 12.9. The molecule has 1 heterocycles. The van der Waals surface area contributed by atoms with Gasteiger partial charge in [0.2, 0.25) is 0 Å². The van der Waals surface area contributed by atoms with E-state index in [0.29, 0.717) is 23.6 Å². The first-order valence-electron chi connectivity index (χ1n) is 9.72. The minimum atomic E-state index is -0.312. The lowest BCUT2D eigenvalue weighted by Gasteiger charge is -2.34. The van der Waals surface area contributed by atoms with Crippen LogP contribution >= 0.6 is 11.6 Å². The van der Waals surface area contributed by atoms with Crippen molar-refractivity contribution < 1.29 is 13.9 Å². The van der Waals surface area contributed by atoms with Crippen LogP contribution in [0.2, 0.25) is 5.02 Å². The van der Waals surface area contributed by atoms with Crippen LogP contribution < -0.4 is 4.74 Å². The van der Waals surface area contributed by atoms with Gasteiger partial charge in [0.05, 0.1) is 0 Å². The van der Waals surface area contributed by atoms with Crippen molar-refractivity contribution in [1.29, 1.82) is 0 Å². The summed E-state index contributed by atoms with van der Waals surface area (Å²) in [5.41, 5.74) is 0.590. The predicted molar refractivity (Wildman–Crippen MR) is 110 cm³/mol. The topological polar surface area (TPSA) is 32.8 Å². The van der Waals surface area contributed by atoms with Gasteiger partial charge in [-0.25, -0.2) is 4.39 Å². The SMILES string of the molecule is O=C(CCCN1CCN(CCOc2ccc(Cl)cc2)CC1)c1ccc(F)cc1. The summed E-state index contributed by atoms with van der Waals surface area (Å²) in [6, 6.07) is 13.2. The number of ether oxygens (including phenoxy) is 1. The third-order valence-corrected chi connectivity index (χ3v) is 5.25. The molecule has 0 radical (unpaired) electrons. The molecule has 3 rings (SSSR count). The molecule has 1 aliphatic rings. The van der Waals surface area contributed by atoms with Crippen LogP contribution in [0.15, 0.2) is 48.5 Å². The first kappa shape index (κ1) is 20.8. The van der Waals surface area contributed by atoms with Crippen LogP contribution in [0.5, 0.6) is 5.75 Å². The van der Waals surface area contributed by atoms with Gasteiger partial charge >= 0.3 is 0 Å². The molecule has 0 amide bonds. The maximum absolute atomic E-state index is 12.9. The van der Waals surface area contributed by atoms with Crippen LogP contribution in [0.1, 0.15) is 23.2 Å². The first-order valence-corrected chi connectivity index (χ1v) is 10.1. The number of benzene rings is 2. The van der Waals surface area contributed by atoms with Crippen molar-refractivity contribution in [1.82, 2.24) is 9.80 Å². The molecular weight excluding hydrogens is 379 g/mol. The molecule has 2 aromatic carbocycles. The number of rotatable bonds is 9. The van der Waals surface area contributed by atoms with E-state index in [4.69, 9.17) is 16.3 Å². The van der Waals surface area contributed by atoms with Gasteiger partial charge in [-0.3, -0.25) is 9.69 Å². The van der Waals surface area contributed by atoms with Crippen LogP contribution in [0.4, 0.5) is 4.39 Å². The van der Waals surface area contributed by atoms with Crippen LogP contribution in [-0.4, -0.2) is 61.5 Å².